The highest BCUT2D eigenvalue weighted by Crippen LogP contribution is 2.39. The summed E-state index contributed by atoms with van der Waals surface area (Å²) in [5, 5.41) is 3.14. The second-order valence-corrected chi connectivity index (χ2v) is 9.60. The summed E-state index contributed by atoms with van der Waals surface area (Å²) in [7, 11) is 0. The average Bonchev–Trinajstić information content (AvgIpc) is 2.72. The molecule has 1 N–H and O–H groups in total. The van der Waals surface area contributed by atoms with Crippen LogP contribution in [-0.4, -0.2) is 27.4 Å². The molecule has 3 rings (SSSR count). The van der Waals surface area contributed by atoms with Crippen molar-refractivity contribution in [2.24, 2.45) is 11.3 Å². The van der Waals surface area contributed by atoms with Crippen LogP contribution in [-0.2, 0) is 4.79 Å². The summed E-state index contributed by atoms with van der Waals surface area (Å²) in [5.74, 6) is 2.35. The van der Waals surface area contributed by atoms with Gasteiger partial charge in [0.15, 0.2) is 0 Å². The molecule has 5 heteroatoms. The van der Waals surface area contributed by atoms with E-state index in [4.69, 9.17) is 4.98 Å². The number of carbonyl (C=O) groups excluding carboxylic acids is 1. The van der Waals surface area contributed by atoms with Crippen LogP contribution in [0.1, 0.15) is 83.7 Å². The quantitative estimate of drug-likeness (QED) is 0.766. The van der Waals surface area contributed by atoms with Crippen molar-refractivity contribution in [3.05, 3.63) is 42.2 Å². The van der Waals surface area contributed by atoms with E-state index in [1.807, 2.05) is 51.5 Å². The Labute approximate surface area is 174 Å². The molecule has 29 heavy (non-hydrogen) atoms. The predicted molar refractivity (Wildman–Crippen MR) is 117 cm³/mol. The van der Waals surface area contributed by atoms with Gasteiger partial charge < -0.3 is 5.32 Å². The van der Waals surface area contributed by atoms with E-state index in [9.17, 15) is 4.79 Å². The lowest BCUT2D eigenvalue weighted by Gasteiger charge is -2.30. The van der Waals surface area contributed by atoms with Crippen molar-refractivity contribution in [1.82, 2.24) is 20.3 Å². The van der Waals surface area contributed by atoms with Gasteiger partial charge in [-0.2, -0.15) is 0 Å². The van der Waals surface area contributed by atoms with Gasteiger partial charge in [-0.15, -0.1) is 0 Å². The lowest BCUT2D eigenvalue weighted by molar-refractivity contribution is -0.128. The van der Waals surface area contributed by atoms with Crippen molar-refractivity contribution < 1.29 is 4.79 Å². The van der Waals surface area contributed by atoms with Crippen molar-refractivity contribution in [3.63, 3.8) is 0 Å². The lowest BCUT2D eigenvalue weighted by atomic mass is 9.78. The van der Waals surface area contributed by atoms with Gasteiger partial charge in [-0.3, -0.25) is 9.78 Å². The van der Waals surface area contributed by atoms with E-state index in [0.717, 1.165) is 49.2 Å². The highest BCUT2D eigenvalue weighted by Gasteiger charge is 2.28. The third kappa shape index (κ3) is 5.40. The molecule has 2 aromatic rings. The fourth-order valence-corrected chi connectivity index (χ4v) is 3.89. The first-order valence-corrected chi connectivity index (χ1v) is 10.8. The van der Waals surface area contributed by atoms with Gasteiger partial charge in [0.2, 0.25) is 5.91 Å². The van der Waals surface area contributed by atoms with Crippen LogP contribution >= 0.6 is 0 Å². The van der Waals surface area contributed by atoms with Gasteiger partial charge >= 0.3 is 0 Å². The Hall–Kier alpha value is -2.30. The molecule has 1 aliphatic rings. The largest absolute Gasteiger partial charge is 0.355 e. The maximum absolute atomic E-state index is 12.2. The van der Waals surface area contributed by atoms with Gasteiger partial charge in [-0.05, 0) is 49.3 Å². The minimum atomic E-state index is -0.329. The fraction of sp³-hybridized carbons (Fsp3) is 0.583. The Morgan fingerprint density at radius 3 is 2.38 bits per heavy atom. The Balaban J connectivity index is 1.72. The molecule has 0 saturated heterocycles. The zero-order chi connectivity index (χ0) is 21.0. The standard InChI is InChI=1S/C24H34N4O/c1-16(2)22-26-15-20(18-10-12-25-13-11-18)21(28-22)19-8-6-17(7-9-19)14-27-23(29)24(3,4)5/h10-13,15-17,19H,6-9,14H2,1-5H3,(H,27,29). The van der Waals surface area contributed by atoms with E-state index in [1.54, 1.807) is 0 Å². The molecule has 0 atom stereocenters. The zero-order valence-corrected chi connectivity index (χ0v) is 18.4. The highest BCUT2D eigenvalue weighted by molar-refractivity contribution is 5.81. The number of amides is 1. The Bertz CT molecular complexity index is 819. The van der Waals surface area contributed by atoms with Crippen molar-refractivity contribution >= 4 is 5.91 Å². The number of rotatable bonds is 5. The van der Waals surface area contributed by atoms with Gasteiger partial charge in [-0.1, -0.05) is 34.6 Å². The Kier molecular flexibility index (Phi) is 6.66. The Morgan fingerprint density at radius 2 is 1.79 bits per heavy atom. The first-order chi connectivity index (χ1) is 13.8. The summed E-state index contributed by atoms with van der Waals surface area (Å²) in [6.07, 6.45) is 10.1. The van der Waals surface area contributed by atoms with E-state index in [2.05, 4.69) is 29.1 Å². The molecule has 5 nitrogen and oxygen atoms in total. The molecular formula is C24H34N4O. The van der Waals surface area contributed by atoms with Crippen LogP contribution in [0.3, 0.4) is 0 Å². The molecule has 0 unspecified atom stereocenters. The molecule has 156 valence electrons. The maximum Gasteiger partial charge on any atom is 0.225 e. The molecule has 1 aliphatic carbocycles. The van der Waals surface area contributed by atoms with Crippen molar-refractivity contribution in [2.75, 3.05) is 6.54 Å². The van der Waals surface area contributed by atoms with Gasteiger partial charge in [-0.25, -0.2) is 9.97 Å². The second kappa shape index (κ2) is 9.02. The molecule has 0 aromatic carbocycles. The monoisotopic (exact) mass is 394 g/mol. The summed E-state index contributed by atoms with van der Waals surface area (Å²) in [6.45, 7) is 10.9. The van der Waals surface area contributed by atoms with E-state index in [1.165, 1.54) is 5.69 Å². The minimum absolute atomic E-state index is 0.136. The van der Waals surface area contributed by atoms with Gasteiger partial charge in [0.25, 0.3) is 0 Å². The SMILES string of the molecule is CC(C)c1ncc(-c2ccncc2)c(C2CCC(CNC(=O)C(C)(C)C)CC2)n1. The lowest BCUT2D eigenvalue weighted by Crippen LogP contribution is -2.38. The molecule has 0 bridgehead atoms. The zero-order valence-electron chi connectivity index (χ0n) is 18.4. The van der Waals surface area contributed by atoms with Crippen LogP contribution in [0.2, 0.25) is 0 Å². The number of aromatic nitrogens is 3. The normalized spacial score (nSPS) is 19.9. The first kappa shape index (κ1) is 21.4. The molecule has 2 aromatic heterocycles. The third-order valence-electron chi connectivity index (χ3n) is 5.81. The number of nitrogens with zero attached hydrogens (tertiary/aromatic N) is 3. The van der Waals surface area contributed by atoms with E-state index in [-0.39, 0.29) is 11.3 Å². The van der Waals surface area contributed by atoms with E-state index in [0.29, 0.717) is 17.8 Å². The van der Waals surface area contributed by atoms with Crippen LogP contribution in [0, 0.1) is 11.3 Å². The van der Waals surface area contributed by atoms with Crippen LogP contribution in [0.4, 0.5) is 0 Å². The summed E-state index contributed by atoms with van der Waals surface area (Å²) < 4.78 is 0. The maximum atomic E-state index is 12.2. The van der Waals surface area contributed by atoms with Crippen LogP contribution in [0.15, 0.2) is 30.7 Å². The predicted octanol–water partition coefficient (Wildman–Crippen LogP) is 5.10. The van der Waals surface area contributed by atoms with Gasteiger partial charge in [0.1, 0.15) is 5.82 Å². The van der Waals surface area contributed by atoms with Crippen LogP contribution in [0.25, 0.3) is 11.1 Å². The molecule has 2 heterocycles. The second-order valence-electron chi connectivity index (χ2n) is 9.60. The van der Waals surface area contributed by atoms with Gasteiger partial charge in [0, 0.05) is 47.9 Å². The molecule has 1 saturated carbocycles. The number of pyridine rings is 1. The molecule has 1 amide bonds. The number of hydrogen-bond acceptors (Lipinski definition) is 4. The summed E-state index contributed by atoms with van der Waals surface area (Å²) in [5.41, 5.74) is 3.10. The molecule has 0 aliphatic heterocycles. The molecule has 0 spiro atoms. The van der Waals surface area contributed by atoms with E-state index < -0.39 is 0 Å². The van der Waals surface area contributed by atoms with Gasteiger partial charge in [0.05, 0.1) is 5.69 Å². The van der Waals surface area contributed by atoms with E-state index >= 15 is 0 Å². The summed E-state index contributed by atoms with van der Waals surface area (Å²) in [4.78, 5) is 25.9. The first-order valence-electron chi connectivity index (χ1n) is 10.8. The molecule has 1 fully saturated rings. The average molecular weight is 395 g/mol. The van der Waals surface area contributed by atoms with Crippen molar-refractivity contribution in [3.8, 4) is 11.1 Å². The highest BCUT2D eigenvalue weighted by atomic mass is 16.2. The summed E-state index contributed by atoms with van der Waals surface area (Å²) >= 11 is 0. The molecular weight excluding hydrogens is 360 g/mol. The smallest absolute Gasteiger partial charge is 0.225 e. The van der Waals surface area contributed by atoms with Crippen molar-refractivity contribution in [1.29, 1.82) is 0 Å². The third-order valence-corrected chi connectivity index (χ3v) is 5.81. The van der Waals surface area contributed by atoms with Crippen molar-refractivity contribution in [2.45, 2.75) is 72.1 Å². The topological polar surface area (TPSA) is 67.8 Å². The minimum Gasteiger partial charge on any atom is -0.355 e. The fourth-order valence-electron chi connectivity index (χ4n) is 3.89. The Morgan fingerprint density at radius 1 is 1.14 bits per heavy atom. The summed E-state index contributed by atoms with van der Waals surface area (Å²) in [6, 6.07) is 4.07. The number of hydrogen-bond donors (Lipinski definition) is 1. The number of nitrogens with one attached hydrogen (secondary N) is 1. The number of carbonyl (C=O) groups is 1. The van der Waals surface area contributed by atoms with Crippen LogP contribution < -0.4 is 5.32 Å². The molecule has 0 radical (unpaired) electrons. The van der Waals surface area contributed by atoms with Crippen LogP contribution in [0.5, 0.6) is 0 Å².